The van der Waals surface area contributed by atoms with Crippen LogP contribution >= 0.6 is 0 Å². The van der Waals surface area contributed by atoms with Crippen LogP contribution in [0.2, 0.25) is 0 Å². The first-order valence-electron chi connectivity index (χ1n) is 7.00. The smallest absolute Gasteiger partial charge is 0.294 e. The highest BCUT2D eigenvalue weighted by Crippen LogP contribution is 2.42. The third-order valence-corrected chi connectivity index (χ3v) is 3.67. The van der Waals surface area contributed by atoms with E-state index in [4.69, 9.17) is 5.73 Å². The lowest BCUT2D eigenvalue weighted by molar-refractivity contribution is 0.512. The molecule has 0 unspecified atom stereocenters. The molecule has 1 saturated carbocycles. The molecule has 1 aliphatic carbocycles. The van der Waals surface area contributed by atoms with Gasteiger partial charge in [-0.05, 0) is 37.5 Å². The molecule has 5 heteroatoms. The maximum absolute atomic E-state index is 13.4. The molecule has 0 spiro atoms. The molecule has 20 heavy (non-hydrogen) atoms. The molecule has 0 bridgehead atoms. The molecule has 1 heterocycles. The van der Waals surface area contributed by atoms with Crippen molar-refractivity contribution in [3.05, 3.63) is 46.1 Å². The average Bonchev–Trinajstić information content (AvgIpc) is 3.20. The van der Waals surface area contributed by atoms with Gasteiger partial charge in [-0.15, -0.1) is 0 Å². The summed E-state index contributed by atoms with van der Waals surface area (Å²) in [6.45, 7) is 2.75. The molecular formula is C15H18FN3O. The molecule has 0 saturated heterocycles. The van der Waals surface area contributed by atoms with Gasteiger partial charge in [0, 0.05) is 12.5 Å². The summed E-state index contributed by atoms with van der Waals surface area (Å²) in [5, 5.41) is 0. The molecule has 2 aromatic rings. The lowest BCUT2D eigenvalue weighted by atomic mass is 10.2. The number of aromatic nitrogens is 2. The number of nitrogens with zero attached hydrogens (tertiary/aromatic N) is 2. The van der Waals surface area contributed by atoms with Crippen molar-refractivity contribution in [1.82, 2.24) is 9.36 Å². The van der Waals surface area contributed by atoms with Crippen LogP contribution in [0, 0.1) is 5.82 Å². The van der Waals surface area contributed by atoms with E-state index in [0.29, 0.717) is 23.8 Å². The summed E-state index contributed by atoms with van der Waals surface area (Å²) in [6.07, 6.45) is 3.03. The Morgan fingerprint density at radius 1 is 1.40 bits per heavy atom. The van der Waals surface area contributed by atoms with Crippen molar-refractivity contribution in [1.29, 1.82) is 0 Å². The molecule has 0 radical (unpaired) electrons. The molecule has 106 valence electrons. The zero-order valence-electron chi connectivity index (χ0n) is 11.5. The van der Waals surface area contributed by atoms with E-state index in [1.165, 1.54) is 16.8 Å². The minimum atomic E-state index is -0.356. The lowest BCUT2D eigenvalue weighted by Crippen LogP contribution is -2.22. The number of hydrogen-bond acceptors (Lipinski definition) is 2. The largest absolute Gasteiger partial charge is 0.393 e. The van der Waals surface area contributed by atoms with Crippen LogP contribution in [0.1, 0.15) is 37.8 Å². The van der Waals surface area contributed by atoms with Crippen LogP contribution in [0.25, 0.3) is 5.69 Å². The Bertz CT molecular complexity index is 698. The van der Waals surface area contributed by atoms with Crippen LogP contribution in [0.5, 0.6) is 0 Å². The first-order valence-corrected chi connectivity index (χ1v) is 7.00. The molecule has 0 atom stereocenters. The molecule has 0 amide bonds. The van der Waals surface area contributed by atoms with E-state index in [0.717, 1.165) is 25.0 Å². The van der Waals surface area contributed by atoms with E-state index in [9.17, 15) is 9.18 Å². The van der Waals surface area contributed by atoms with Gasteiger partial charge in [0.2, 0.25) is 0 Å². The second-order valence-corrected chi connectivity index (χ2v) is 5.29. The average molecular weight is 275 g/mol. The van der Waals surface area contributed by atoms with Crippen molar-refractivity contribution in [3.8, 4) is 5.69 Å². The quantitative estimate of drug-likeness (QED) is 0.932. The minimum absolute atomic E-state index is 0.244. The predicted octanol–water partition coefficient (Wildman–Crippen LogP) is 2.65. The van der Waals surface area contributed by atoms with Crippen LogP contribution in [-0.2, 0) is 6.54 Å². The van der Waals surface area contributed by atoms with Gasteiger partial charge in [-0.1, -0.05) is 13.0 Å². The topological polar surface area (TPSA) is 52.9 Å². The molecule has 1 aromatic heterocycles. The van der Waals surface area contributed by atoms with E-state index >= 15 is 0 Å². The summed E-state index contributed by atoms with van der Waals surface area (Å²) < 4.78 is 16.9. The van der Waals surface area contributed by atoms with Crippen LogP contribution in [0.3, 0.4) is 0 Å². The van der Waals surface area contributed by atoms with E-state index in [1.54, 1.807) is 12.1 Å². The van der Waals surface area contributed by atoms with Gasteiger partial charge in [0.25, 0.3) is 5.56 Å². The summed E-state index contributed by atoms with van der Waals surface area (Å²) >= 11 is 0. The molecule has 2 N–H and O–H groups in total. The SMILES string of the molecule is CCCn1c(C2CC2)c(N)c(=O)n1-c1cccc(F)c1. The Morgan fingerprint density at radius 2 is 2.15 bits per heavy atom. The van der Waals surface area contributed by atoms with Gasteiger partial charge in [0.05, 0.1) is 11.4 Å². The zero-order valence-corrected chi connectivity index (χ0v) is 11.5. The Kier molecular flexibility index (Phi) is 3.12. The molecule has 1 aliphatic rings. The van der Waals surface area contributed by atoms with Crippen molar-refractivity contribution < 1.29 is 4.39 Å². The van der Waals surface area contributed by atoms with Crippen molar-refractivity contribution in [2.24, 2.45) is 0 Å². The third kappa shape index (κ3) is 2.03. The molecule has 4 nitrogen and oxygen atoms in total. The predicted molar refractivity (Wildman–Crippen MR) is 76.7 cm³/mol. The van der Waals surface area contributed by atoms with Gasteiger partial charge in [0.1, 0.15) is 11.5 Å². The fourth-order valence-electron chi connectivity index (χ4n) is 2.66. The standard InChI is InChI=1S/C15H18FN3O/c1-2-8-18-14(10-6-7-10)13(17)15(20)19(18)12-5-3-4-11(16)9-12/h3-5,9-10H,2,6-8,17H2,1H3. The fourth-order valence-corrected chi connectivity index (χ4v) is 2.66. The Balaban J connectivity index is 2.23. The first kappa shape index (κ1) is 13.0. The van der Waals surface area contributed by atoms with E-state index in [-0.39, 0.29) is 11.4 Å². The summed E-state index contributed by atoms with van der Waals surface area (Å²) in [4.78, 5) is 12.4. The second kappa shape index (κ2) is 4.81. The van der Waals surface area contributed by atoms with Crippen molar-refractivity contribution in [2.75, 3.05) is 5.73 Å². The van der Waals surface area contributed by atoms with Crippen LogP contribution in [0.15, 0.2) is 29.1 Å². The number of nitrogens with two attached hydrogens (primary N) is 1. The number of rotatable bonds is 4. The monoisotopic (exact) mass is 275 g/mol. The summed E-state index contributed by atoms with van der Waals surface area (Å²) in [5.74, 6) is 0.0225. The number of benzene rings is 1. The van der Waals surface area contributed by atoms with Crippen molar-refractivity contribution in [3.63, 3.8) is 0 Å². The van der Waals surface area contributed by atoms with E-state index in [1.807, 2.05) is 11.6 Å². The van der Waals surface area contributed by atoms with Gasteiger partial charge in [-0.3, -0.25) is 9.48 Å². The number of halogens is 1. The van der Waals surface area contributed by atoms with Gasteiger partial charge in [0.15, 0.2) is 0 Å². The Morgan fingerprint density at radius 3 is 2.75 bits per heavy atom. The number of hydrogen-bond donors (Lipinski definition) is 1. The highest BCUT2D eigenvalue weighted by molar-refractivity contribution is 5.48. The first-order chi connectivity index (χ1) is 9.63. The molecule has 1 fully saturated rings. The third-order valence-electron chi connectivity index (χ3n) is 3.67. The van der Waals surface area contributed by atoms with Crippen molar-refractivity contribution in [2.45, 2.75) is 38.6 Å². The highest BCUT2D eigenvalue weighted by atomic mass is 19.1. The van der Waals surface area contributed by atoms with Gasteiger partial charge < -0.3 is 5.73 Å². The summed E-state index contributed by atoms with van der Waals surface area (Å²) in [7, 11) is 0. The fraction of sp³-hybridized carbons (Fsp3) is 0.400. The van der Waals surface area contributed by atoms with Crippen LogP contribution in [0.4, 0.5) is 10.1 Å². The normalized spacial score (nSPS) is 14.7. The maximum atomic E-state index is 13.4. The lowest BCUT2D eigenvalue weighted by Gasteiger charge is -2.14. The summed E-state index contributed by atoms with van der Waals surface area (Å²) in [6, 6.07) is 6.07. The van der Waals surface area contributed by atoms with Crippen LogP contribution < -0.4 is 11.3 Å². The Hall–Kier alpha value is -2.04. The van der Waals surface area contributed by atoms with Gasteiger partial charge in [-0.25, -0.2) is 9.07 Å². The van der Waals surface area contributed by atoms with Crippen LogP contribution in [-0.4, -0.2) is 9.36 Å². The molecule has 3 rings (SSSR count). The highest BCUT2D eigenvalue weighted by Gasteiger charge is 2.32. The van der Waals surface area contributed by atoms with Gasteiger partial charge >= 0.3 is 0 Å². The summed E-state index contributed by atoms with van der Waals surface area (Å²) in [5.41, 5.74) is 7.52. The van der Waals surface area contributed by atoms with Gasteiger partial charge in [-0.2, -0.15) is 0 Å². The zero-order chi connectivity index (χ0) is 14.3. The van der Waals surface area contributed by atoms with E-state index < -0.39 is 0 Å². The van der Waals surface area contributed by atoms with Crippen molar-refractivity contribution >= 4 is 5.69 Å². The number of anilines is 1. The number of nitrogen functional groups attached to an aromatic ring is 1. The molecule has 0 aliphatic heterocycles. The maximum Gasteiger partial charge on any atom is 0.294 e. The molecular weight excluding hydrogens is 257 g/mol. The van der Waals surface area contributed by atoms with E-state index in [2.05, 4.69) is 0 Å². The second-order valence-electron chi connectivity index (χ2n) is 5.29. The minimum Gasteiger partial charge on any atom is -0.393 e. The molecule has 1 aromatic carbocycles. The Labute approximate surface area is 116 Å².